The fourth-order valence-electron chi connectivity index (χ4n) is 6.57. The van der Waals surface area contributed by atoms with Gasteiger partial charge in [0.15, 0.2) is 11.4 Å². The Kier molecular flexibility index (Phi) is 7.79. The van der Waals surface area contributed by atoms with Crippen molar-refractivity contribution in [1.82, 2.24) is 10.2 Å². The molecule has 1 amide bonds. The van der Waals surface area contributed by atoms with E-state index >= 15 is 0 Å². The molecule has 0 aromatic heterocycles. The van der Waals surface area contributed by atoms with Crippen LogP contribution in [0.3, 0.4) is 0 Å². The number of nitrogens with two attached hydrogens (primary N) is 1. The number of aliphatic hydroxyl groups is 3. The van der Waals surface area contributed by atoms with Crippen LogP contribution < -0.4 is 16.0 Å². The first-order valence-electron chi connectivity index (χ1n) is 13.8. The molecule has 224 valence electrons. The Morgan fingerprint density at radius 3 is 2.32 bits per heavy atom. The van der Waals surface area contributed by atoms with Gasteiger partial charge in [0.2, 0.25) is 5.78 Å². The number of benzene rings is 1. The maximum Gasteiger partial charge on any atom is 0.255 e. The van der Waals surface area contributed by atoms with Gasteiger partial charge in [-0.1, -0.05) is 20.8 Å². The maximum atomic E-state index is 14.1. The van der Waals surface area contributed by atoms with E-state index in [0.717, 1.165) is 12.1 Å². The fourth-order valence-corrected chi connectivity index (χ4v) is 6.57. The second-order valence-electron chi connectivity index (χ2n) is 13.1. The number of carbonyl (C=O) groups excluding carboxylic acids is 3. The van der Waals surface area contributed by atoms with E-state index < -0.39 is 58.0 Å². The van der Waals surface area contributed by atoms with Gasteiger partial charge in [-0.15, -0.1) is 0 Å². The van der Waals surface area contributed by atoms with Crippen LogP contribution in [-0.2, 0) is 27.3 Å². The number of likely N-dealkylation sites (N-methyl/N-ethyl adjacent to an activating group) is 1. The number of carbonyl (C=O) groups is 3. The Labute approximate surface area is 240 Å². The molecule has 4 atom stereocenters. The monoisotopic (exact) mass is 570 g/mol. The number of hydrogen-bond donors (Lipinski definition) is 6. The van der Waals surface area contributed by atoms with E-state index in [0.29, 0.717) is 24.2 Å². The molecule has 0 heterocycles. The van der Waals surface area contributed by atoms with Crippen molar-refractivity contribution in [3.8, 4) is 5.75 Å². The second kappa shape index (κ2) is 10.5. The zero-order valence-corrected chi connectivity index (χ0v) is 24.8. The summed E-state index contributed by atoms with van der Waals surface area (Å²) in [5.74, 6) is -6.53. The van der Waals surface area contributed by atoms with Gasteiger partial charge in [-0.3, -0.25) is 19.3 Å². The van der Waals surface area contributed by atoms with Gasteiger partial charge in [0, 0.05) is 43.4 Å². The number of ketones is 2. The lowest BCUT2D eigenvalue weighted by Gasteiger charge is -2.50. The average molecular weight is 571 g/mol. The number of amides is 1. The topological polar surface area (TPSA) is 177 Å². The van der Waals surface area contributed by atoms with Gasteiger partial charge in [0.1, 0.15) is 22.8 Å². The Morgan fingerprint density at radius 2 is 1.78 bits per heavy atom. The summed E-state index contributed by atoms with van der Waals surface area (Å²) in [7, 11) is 6.85. The number of aromatic hydroxyl groups is 1. The number of fused-ring (bicyclic) bond motifs is 3. The highest BCUT2D eigenvalue weighted by Gasteiger charge is 2.64. The molecule has 1 aromatic carbocycles. The molecule has 1 saturated carbocycles. The summed E-state index contributed by atoms with van der Waals surface area (Å²) in [6, 6.07) is 0.744. The lowest BCUT2D eigenvalue weighted by Crippen LogP contribution is -2.65. The largest absolute Gasteiger partial charge is 0.508 e. The lowest BCUT2D eigenvalue weighted by atomic mass is 9.57. The minimum atomic E-state index is -2.66. The predicted molar refractivity (Wildman–Crippen MR) is 154 cm³/mol. The first kappa shape index (κ1) is 30.5. The molecule has 1 unspecified atom stereocenters. The number of rotatable bonds is 7. The molecule has 3 aliphatic rings. The van der Waals surface area contributed by atoms with Crippen molar-refractivity contribution in [3.05, 3.63) is 39.7 Å². The number of phenols is 1. The minimum Gasteiger partial charge on any atom is -0.508 e. The zero-order chi connectivity index (χ0) is 30.8. The van der Waals surface area contributed by atoms with E-state index in [1.165, 1.54) is 4.90 Å². The zero-order valence-electron chi connectivity index (χ0n) is 24.8. The summed E-state index contributed by atoms with van der Waals surface area (Å²) in [5, 5.41) is 49.1. The van der Waals surface area contributed by atoms with Gasteiger partial charge in [0.25, 0.3) is 5.91 Å². The number of aliphatic hydroxyl groups excluding tert-OH is 2. The van der Waals surface area contributed by atoms with E-state index in [1.807, 2.05) is 25.1 Å². The van der Waals surface area contributed by atoms with Crippen LogP contribution in [0, 0.1) is 17.3 Å². The van der Waals surface area contributed by atoms with Crippen LogP contribution in [0.1, 0.15) is 50.3 Å². The highest BCUT2D eigenvalue weighted by molar-refractivity contribution is 6.24. The van der Waals surface area contributed by atoms with Crippen molar-refractivity contribution in [2.24, 2.45) is 23.0 Å². The Hall–Kier alpha value is -3.41. The molecule has 0 saturated heterocycles. The van der Waals surface area contributed by atoms with E-state index in [1.54, 1.807) is 14.1 Å². The van der Waals surface area contributed by atoms with Crippen molar-refractivity contribution in [2.75, 3.05) is 39.6 Å². The van der Waals surface area contributed by atoms with Crippen LogP contribution in [0.15, 0.2) is 23.0 Å². The van der Waals surface area contributed by atoms with Crippen molar-refractivity contribution >= 4 is 28.9 Å². The van der Waals surface area contributed by atoms with Crippen molar-refractivity contribution < 1.29 is 34.8 Å². The molecular weight excluding hydrogens is 528 g/mol. The molecule has 4 rings (SSSR count). The third-order valence-corrected chi connectivity index (χ3v) is 8.63. The molecule has 0 radical (unpaired) electrons. The third-order valence-electron chi connectivity index (χ3n) is 8.63. The van der Waals surface area contributed by atoms with E-state index in [2.05, 4.69) is 26.1 Å². The summed E-state index contributed by atoms with van der Waals surface area (Å²) in [5.41, 5.74) is 3.90. The molecule has 41 heavy (non-hydrogen) atoms. The van der Waals surface area contributed by atoms with Crippen LogP contribution >= 0.6 is 0 Å². The molecule has 11 nitrogen and oxygen atoms in total. The van der Waals surface area contributed by atoms with Crippen molar-refractivity contribution in [3.63, 3.8) is 0 Å². The van der Waals surface area contributed by atoms with Crippen LogP contribution in [0.4, 0.5) is 5.69 Å². The highest BCUT2D eigenvalue weighted by Crippen LogP contribution is 2.54. The molecule has 0 bridgehead atoms. The summed E-state index contributed by atoms with van der Waals surface area (Å²) < 4.78 is 0. The number of primary amides is 1. The number of hydrogen-bond acceptors (Lipinski definition) is 10. The molecule has 3 aliphatic carbocycles. The van der Waals surface area contributed by atoms with Crippen molar-refractivity contribution in [2.45, 2.75) is 58.2 Å². The normalized spacial score (nSPS) is 26.2. The average Bonchev–Trinajstić information content (AvgIpc) is 2.83. The quantitative estimate of drug-likeness (QED) is 0.208. The Morgan fingerprint density at radius 1 is 1.15 bits per heavy atom. The summed E-state index contributed by atoms with van der Waals surface area (Å²) in [4.78, 5) is 42.8. The number of nitrogens with one attached hydrogen (secondary N) is 1. The van der Waals surface area contributed by atoms with Gasteiger partial charge >= 0.3 is 0 Å². The van der Waals surface area contributed by atoms with E-state index in [-0.39, 0.29) is 35.1 Å². The number of nitrogens with zero attached hydrogens (tertiary/aromatic N) is 2. The number of Topliss-reactive ketones (excluding diaryl/α,β-unsaturated/α-hetero) is 2. The Bertz CT molecular complexity index is 1370. The number of anilines is 1. The molecule has 0 spiro atoms. The predicted octanol–water partition coefficient (Wildman–Crippen LogP) is 1.56. The highest BCUT2D eigenvalue weighted by atomic mass is 16.3. The third kappa shape index (κ3) is 4.89. The fraction of sp³-hybridized carbons (Fsp3) is 0.567. The van der Waals surface area contributed by atoms with Crippen LogP contribution in [-0.4, -0.2) is 89.2 Å². The maximum absolute atomic E-state index is 14.1. The summed E-state index contributed by atoms with van der Waals surface area (Å²) in [6.45, 7) is 7.44. The molecule has 1 aromatic rings. The first-order chi connectivity index (χ1) is 18.9. The smallest absolute Gasteiger partial charge is 0.255 e. The van der Waals surface area contributed by atoms with E-state index in [4.69, 9.17) is 5.73 Å². The second-order valence-corrected chi connectivity index (χ2v) is 13.1. The molecule has 7 N–H and O–H groups in total. The summed E-state index contributed by atoms with van der Waals surface area (Å²) >= 11 is 0. The summed E-state index contributed by atoms with van der Waals surface area (Å²) in [6.07, 6.45) is 1.20. The van der Waals surface area contributed by atoms with E-state index in [9.17, 15) is 34.8 Å². The van der Waals surface area contributed by atoms with Crippen LogP contribution in [0.5, 0.6) is 5.75 Å². The standard InChI is InChI=1S/C30H42N4O7/c1-29(2,3)8-9-32-13-15-12-18(33(4)5)16-10-14-11-17-22(34(6)7)25(37)21(28(31)40)27(39)30(17,41)26(38)19(14)24(36)20(16)23(15)35/h12,14,17,22,32,35-36,39,41H,8-11,13H2,1-7H3,(H2,31,40)/t14-,17-,22?,30-/m0/s1. The van der Waals surface area contributed by atoms with Gasteiger partial charge in [-0.2, -0.15) is 0 Å². The van der Waals surface area contributed by atoms with Crippen molar-refractivity contribution in [1.29, 1.82) is 0 Å². The minimum absolute atomic E-state index is 0.0511. The van der Waals surface area contributed by atoms with Gasteiger partial charge < -0.3 is 36.4 Å². The first-order valence-corrected chi connectivity index (χ1v) is 13.8. The Balaban J connectivity index is 1.87. The van der Waals surface area contributed by atoms with Crippen LogP contribution in [0.25, 0.3) is 5.76 Å². The SMILES string of the molecule is CN(C)c1cc(CNCCC(C)(C)C)c(O)c2c1C[C@H]1C[C@H]3C(N(C)C)C(=O)C(C(N)=O)=C(O)[C@@]3(O)C(=O)C1=C2O. The molecular formula is C30H42N4O7. The van der Waals surface area contributed by atoms with Gasteiger partial charge in [-0.05, 0) is 62.9 Å². The number of phenolic OH excluding ortho intramolecular Hbond substituents is 1. The van der Waals surface area contributed by atoms with Gasteiger partial charge in [0.05, 0.1) is 11.6 Å². The van der Waals surface area contributed by atoms with Crippen LogP contribution in [0.2, 0.25) is 0 Å². The molecule has 1 fully saturated rings. The lowest BCUT2D eigenvalue weighted by molar-refractivity contribution is -0.153. The van der Waals surface area contributed by atoms with Gasteiger partial charge in [-0.25, -0.2) is 0 Å². The molecule has 0 aliphatic heterocycles. The molecule has 11 heteroatoms.